The van der Waals surface area contributed by atoms with Crippen LogP contribution >= 0.6 is 11.6 Å². The highest BCUT2D eigenvalue weighted by molar-refractivity contribution is 7.92. The summed E-state index contributed by atoms with van der Waals surface area (Å²) >= 11 is 6.56. The molecule has 10 heteroatoms. The number of sulfone groups is 1. The first kappa shape index (κ1) is 26.7. The minimum atomic E-state index is -3.98. The van der Waals surface area contributed by atoms with Crippen LogP contribution in [0.15, 0.2) is 59.8 Å². The van der Waals surface area contributed by atoms with E-state index in [-0.39, 0.29) is 38.9 Å². The summed E-state index contributed by atoms with van der Waals surface area (Å²) in [6, 6.07) is 8.96. The van der Waals surface area contributed by atoms with E-state index in [0.717, 1.165) is 18.6 Å². The maximum absolute atomic E-state index is 13.9. The van der Waals surface area contributed by atoms with Crippen LogP contribution in [0.25, 0.3) is 11.1 Å². The van der Waals surface area contributed by atoms with Crippen molar-refractivity contribution in [1.82, 2.24) is 4.98 Å². The number of hydrogen-bond donors (Lipinski definition) is 2. The second-order valence-electron chi connectivity index (χ2n) is 10.5. The number of benzene rings is 2. The van der Waals surface area contributed by atoms with Crippen molar-refractivity contribution in [3.05, 3.63) is 77.1 Å². The molecule has 5 atom stereocenters. The van der Waals surface area contributed by atoms with Crippen LogP contribution in [0.2, 0.25) is 5.02 Å². The van der Waals surface area contributed by atoms with Gasteiger partial charge in [0, 0.05) is 35.3 Å². The summed E-state index contributed by atoms with van der Waals surface area (Å²) in [4.78, 5) is 17.3. The predicted octanol–water partition coefficient (Wildman–Crippen LogP) is 5.89. The number of nitrogens with one attached hydrogen (secondary N) is 1. The zero-order chi connectivity index (χ0) is 27.4. The van der Waals surface area contributed by atoms with E-state index in [1.807, 2.05) is 6.92 Å². The Balaban J connectivity index is 1.57. The van der Waals surface area contributed by atoms with Crippen LogP contribution in [0, 0.1) is 29.4 Å². The summed E-state index contributed by atoms with van der Waals surface area (Å²) in [5, 5.41) is 12.7. The van der Waals surface area contributed by atoms with Gasteiger partial charge in [0.05, 0.1) is 20.8 Å². The number of aliphatic hydroxyl groups is 1. The standard InChI is InChI=1S/C28H27ClF2N2O4S/c1-15-8-17-9-19(11-22(15)28(17,2)35)38(36,37)26-13-21(20(12-23(26)29)16-4-3-7-32-14-16)27(34)33-18-5-6-24(30)25(31)10-18/h3-7,10,12-15,17,19,22,35H,8-9,11H2,1-2H3,(H,33,34)/t15-,17?,19?,22?,28+/m0/s1. The summed E-state index contributed by atoms with van der Waals surface area (Å²) in [5.41, 5.74) is -0.0680. The Hall–Kier alpha value is -2.88. The Bertz CT molecular complexity index is 1510. The molecule has 2 aliphatic rings. The van der Waals surface area contributed by atoms with Gasteiger partial charge in [0.25, 0.3) is 5.91 Å². The SMILES string of the molecule is C[C@H]1CC2CC(S(=O)(=O)c3cc(C(=O)Nc4ccc(F)c(F)c4)c(-c4cccnc4)cc3Cl)CC1[C@]2(C)O. The van der Waals surface area contributed by atoms with E-state index >= 15 is 0 Å². The fraction of sp³-hybridized carbons (Fsp3) is 0.357. The first-order chi connectivity index (χ1) is 17.9. The fourth-order valence-corrected chi connectivity index (χ4v) is 8.56. The number of fused-ring (bicyclic) bond motifs is 2. The maximum atomic E-state index is 13.9. The molecule has 1 amide bonds. The van der Waals surface area contributed by atoms with E-state index in [2.05, 4.69) is 10.3 Å². The molecule has 0 aliphatic heterocycles. The number of carbonyl (C=O) groups excluding carboxylic acids is 1. The topological polar surface area (TPSA) is 96.4 Å². The average molecular weight is 561 g/mol. The van der Waals surface area contributed by atoms with Crippen LogP contribution in [0.3, 0.4) is 0 Å². The molecule has 1 heterocycles. The van der Waals surface area contributed by atoms with Crippen LogP contribution in [0.4, 0.5) is 14.5 Å². The van der Waals surface area contributed by atoms with Crippen LogP contribution in [-0.2, 0) is 9.84 Å². The second kappa shape index (κ2) is 9.70. The molecule has 2 bridgehead atoms. The smallest absolute Gasteiger partial charge is 0.256 e. The number of aromatic nitrogens is 1. The summed E-state index contributed by atoms with van der Waals surface area (Å²) in [6.45, 7) is 3.82. The number of carbonyl (C=O) groups is 1. The largest absolute Gasteiger partial charge is 0.390 e. The Labute approximate surface area is 225 Å². The molecule has 6 nitrogen and oxygen atoms in total. The molecule has 0 spiro atoms. The highest BCUT2D eigenvalue weighted by Gasteiger charge is 2.56. The monoisotopic (exact) mass is 560 g/mol. The Morgan fingerprint density at radius 3 is 2.55 bits per heavy atom. The predicted molar refractivity (Wildman–Crippen MR) is 141 cm³/mol. The van der Waals surface area contributed by atoms with Gasteiger partial charge < -0.3 is 10.4 Å². The minimum absolute atomic E-state index is 0.00506. The number of rotatable bonds is 5. The van der Waals surface area contributed by atoms with E-state index in [1.165, 1.54) is 24.4 Å². The van der Waals surface area contributed by atoms with Gasteiger partial charge in [-0.05, 0) is 79.8 Å². The summed E-state index contributed by atoms with van der Waals surface area (Å²) in [5.74, 6) is -3.04. The lowest BCUT2D eigenvalue weighted by atomic mass is 9.74. The minimum Gasteiger partial charge on any atom is -0.390 e. The van der Waals surface area contributed by atoms with Crippen molar-refractivity contribution >= 4 is 33.0 Å². The van der Waals surface area contributed by atoms with Gasteiger partial charge in [0.2, 0.25) is 0 Å². The van der Waals surface area contributed by atoms with Gasteiger partial charge in [-0.1, -0.05) is 24.6 Å². The third kappa shape index (κ3) is 4.61. The van der Waals surface area contributed by atoms with Gasteiger partial charge in [-0.3, -0.25) is 9.78 Å². The van der Waals surface area contributed by atoms with E-state index in [9.17, 15) is 27.1 Å². The molecule has 3 unspecified atom stereocenters. The van der Waals surface area contributed by atoms with E-state index in [4.69, 9.17) is 11.6 Å². The molecule has 2 N–H and O–H groups in total. The third-order valence-corrected chi connectivity index (χ3v) is 10.8. The van der Waals surface area contributed by atoms with Gasteiger partial charge in [-0.2, -0.15) is 0 Å². The molecule has 1 aromatic heterocycles. The first-order valence-electron chi connectivity index (χ1n) is 12.4. The Morgan fingerprint density at radius 2 is 1.89 bits per heavy atom. The van der Waals surface area contributed by atoms with Crippen LogP contribution in [0.1, 0.15) is 43.5 Å². The van der Waals surface area contributed by atoms with E-state index in [1.54, 1.807) is 25.3 Å². The zero-order valence-electron chi connectivity index (χ0n) is 20.8. The average Bonchev–Trinajstić information content (AvgIpc) is 2.99. The molecule has 38 heavy (non-hydrogen) atoms. The van der Waals surface area contributed by atoms with Crippen molar-refractivity contribution in [2.75, 3.05) is 5.32 Å². The summed E-state index contributed by atoms with van der Waals surface area (Å²) < 4.78 is 55.0. The van der Waals surface area contributed by atoms with Crippen molar-refractivity contribution in [3.63, 3.8) is 0 Å². The molecule has 3 aromatic rings. The van der Waals surface area contributed by atoms with E-state index < -0.39 is 38.2 Å². The van der Waals surface area contributed by atoms with Gasteiger partial charge in [0.1, 0.15) is 0 Å². The number of nitrogens with zero attached hydrogens (tertiary/aromatic N) is 1. The second-order valence-corrected chi connectivity index (χ2v) is 13.1. The molecule has 2 saturated carbocycles. The number of amides is 1. The number of pyridine rings is 1. The van der Waals surface area contributed by atoms with Gasteiger partial charge in [0.15, 0.2) is 21.5 Å². The quantitative estimate of drug-likeness (QED) is 0.405. The lowest BCUT2D eigenvalue weighted by Crippen LogP contribution is -2.46. The molecule has 5 rings (SSSR count). The molecule has 2 fully saturated rings. The summed E-state index contributed by atoms with van der Waals surface area (Å²) in [7, 11) is -3.98. The Kier molecular flexibility index (Phi) is 6.82. The van der Waals surface area contributed by atoms with Crippen LogP contribution in [0.5, 0.6) is 0 Å². The first-order valence-corrected chi connectivity index (χ1v) is 14.3. The van der Waals surface area contributed by atoms with Crippen molar-refractivity contribution in [2.24, 2.45) is 17.8 Å². The lowest BCUT2D eigenvalue weighted by molar-refractivity contribution is -0.0466. The van der Waals surface area contributed by atoms with Crippen LogP contribution < -0.4 is 5.32 Å². The van der Waals surface area contributed by atoms with Gasteiger partial charge >= 0.3 is 0 Å². The number of halogens is 3. The Morgan fingerprint density at radius 1 is 1.13 bits per heavy atom. The van der Waals surface area contributed by atoms with Crippen molar-refractivity contribution in [2.45, 2.75) is 48.9 Å². The molecule has 0 radical (unpaired) electrons. The molecule has 200 valence electrons. The normalized spacial score (nSPS) is 26.8. The van der Waals surface area contributed by atoms with Crippen LogP contribution in [-0.4, -0.2) is 35.3 Å². The van der Waals surface area contributed by atoms with Gasteiger partial charge in [-0.15, -0.1) is 0 Å². The zero-order valence-corrected chi connectivity index (χ0v) is 22.4. The molecule has 0 saturated heterocycles. The molecule has 2 aromatic carbocycles. The fourth-order valence-electron chi connectivity index (χ4n) is 6.16. The maximum Gasteiger partial charge on any atom is 0.256 e. The third-order valence-electron chi connectivity index (χ3n) is 8.20. The molecule has 2 aliphatic carbocycles. The van der Waals surface area contributed by atoms with Crippen molar-refractivity contribution in [3.8, 4) is 11.1 Å². The van der Waals surface area contributed by atoms with Crippen molar-refractivity contribution < 1.29 is 27.1 Å². The highest BCUT2D eigenvalue weighted by atomic mass is 35.5. The van der Waals surface area contributed by atoms with Gasteiger partial charge in [-0.25, -0.2) is 17.2 Å². The van der Waals surface area contributed by atoms with Crippen molar-refractivity contribution in [1.29, 1.82) is 0 Å². The van der Waals surface area contributed by atoms with E-state index in [0.29, 0.717) is 24.0 Å². The lowest BCUT2D eigenvalue weighted by Gasteiger charge is -2.40. The molecular weight excluding hydrogens is 534 g/mol. The number of anilines is 1. The summed E-state index contributed by atoms with van der Waals surface area (Å²) in [6.07, 6.45) is 4.41. The highest BCUT2D eigenvalue weighted by Crippen LogP contribution is 2.54. The number of hydrogen-bond acceptors (Lipinski definition) is 5. The molecular formula is C28H27ClF2N2O4S.